The summed E-state index contributed by atoms with van der Waals surface area (Å²) in [6, 6.07) is 11.6. The summed E-state index contributed by atoms with van der Waals surface area (Å²) in [7, 11) is 3.14. The zero-order valence-corrected chi connectivity index (χ0v) is 19.6. The average molecular weight is 496 g/mol. The number of hydrogen-bond acceptors (Lipinski definition) is 7. The lowest BCUT2D eigenvalue weighted by Crippen LogP contribution is -2.36. The Morgan fingerprint density at radius 3 is 2.36 bits per heavy atom. The van der Waals surface area contributed by atoms with Crippen molar-refractivity contribution >= 4 is 29.1 Å². The summed E-state index contributed by atoms with van der Waals surface area (Å²) in [4.78, 5) is 37.5. The number of amidine groups is 1. The number of aromatic carboxylic acids is 1. The van der Waals surface area contributed by atoms with Crippen molar-refractivity contribution in [3.63, 3.8) is 0 Å². The number of nitrogens with zero attached hydrogens (tertiary/aromatic N) is 2. The van der Waals surface area contributed by atoms with Crippen LogP contribution in [0.4, 0.5) is 15.8 Å². The second kappa shape index (κ2) is 10.7. The van der Waals surface area contributed by atoms with E-state index in [1.807, 2.05) is 0 Å². The number of aromatic nitrogens is 1. The molecule has 1 heterocycles. The number of amides is 1. The molecule has 0 atom stereocenters. The van der Waals surface area contributed by atoms with Crippen molar-refractivity contribution in [2.45, 2.75) is 13.1 Å². The maximum absolute atomic E-state index is 14.9. The van der Waals surface area contributed by atoms with Gasteiger partial charge in [-0.25, -0.2) is 14.2 Å². The Labute approximate surface area is 205 Å². The zero-order chi connectivity index (χ0) is 26.6. The molecule has 0 radical (unpaired) electrons. The Kier molecular flexibility index (Phi) is 7.70. The number of carbonyl (C=O) groups is 2. The van der Waals surface area contributed by atoms with E-state index < -0.39 is 29.8 Å². The van der Waals surface area contributed by atoms with E-state index >= 15 is 0 Å². The predicted octanol–water partition coefficient (Wildman–Crippen LogP) is 1.42. The van der Waals surface area contributed by atoms with E-state index in [1.165, 1.54) is 23.2 Å². The van der Waals surface area contributed by atoms with Crippen molar-refractivity contribution in [2.24, 2.45) is 5.73 Å². The lowest BCUT2D eigenvalue weighted by atomic mass is 10.0. The van der Waals surface area contributed by atoms with Gasteiger partial charge in [0.2, 0.25) is 5.91 Å². The SMILES string of the molecule is CN(C)Nc1c(F)cc(-c2cc(N)cc(C(=O)O)c2)n(CC(=O)NCc2ccc(C(=N)N)cc2)c1=O. The highest BCUT2D eigenvalue weighted by Crippen LogP contribution is 2.26. The quantitative estimate of drug-likeness (QED) is 0.112. The normalized spacial score (nSPS) is 10.8. The molecular formula is C24H26FN7O4. The molecule has 0 bridgehead atoms. The number of anilines is 2. The first-order valence-electron chi connectivity index (χ1n) is 10.7. The van der Waals surface area contributed by atoms with E-state index in [4.69, 9.17) is 16.9 Å². The van der Waals surface area contributed by atoms with Crippen LogP contribution in [0.15, 0.2) is 53.3 Å². The van der Waals surface area contributed by atoms with Gasteiger partial charge in [-0.1, -0.05) is 24.3 Å². The molecule has 1 aromatic heterocycles. The molecule has 0 fully saturated rings. The highest BCUT2D eigenvalue weighted by Gasteiger charge is 2.20. The molecule has 0 aliphatic heterocycles. The van der Waals surface area contributed by atoms with Gasteiger partial charge < -0.3 is 27.3 Å². The summed E-state index contributed by atoms with van der Waals surface area (Å²) in [6.07, 6.45) is 0. The van der Waals surface area contributed by atoms with Crippen LogP contribution in [0.5, 0.6) is 0 Å². The van der Waals surface area contributed by atoms with Crippen LogP contribution < -0.4 is 27.8 Å². The zero-order valence-electron chi connectivity index (χ0n) is 19.6. The number of nitrogens with one attached hydrogen (secondary N) is 3. The number of hydrogen-bond donors (Lipinski definition) is 6. The molecule has 1 amide bonds. The Hall–Kier alpha value is -4.71. The molecular weight excluding hydrogens is 469 g/mol. The van der Waals surface area contributed by atoms with E-state index in [1.54, 1.807) is 38.4 Å². The summed E-state index contributed by atoms with van der Waals surface area (Å²) in [5, 5.41) is 20.9. The number of carboxylic acid groups (broad SMARTS) is 1. The molecule has 3 rings (SSSR count). The van der Waals surface area contributed by atoms with Crippen LogP contribution in [-0.4, -0.2) is 46.5 Å². The Bertz CT molecular complexity index is 1380. The van der Waals surface area contributed by atoms with E-state index in [2.05, 4.69) is 10.7 Å². The van der Waals surface area contributed by atoms with Gasteiger partial charge in [0.05, 0.1) is 11.3 Å². The third-order valence-electron chi connectivity index (χ3n) is 5.14. The number of halogens is 1. The summed E-state index contributed by atoms with van der Waals surface area (Å²) in [6.45, 7) is -0.341. The fraction of sp³-hybridized carbons (Fsp3) is 0.167. The Morgan fingerprint density at radius 2 is 1.78 bits per heavy atom. The van der Waals surface area contributed by atoms with E-state index in [0.29, 0.717) is 5.56 Å². The number of benzene rings is 2. The van der Waals surface area contributed by atoms with Crippen LogP contribution in [0.2, 0.25) is 0 Å². The average Bonchev–Trinajstić information content (AvgIpc) is 2.81. The van der Waals surface area contributed by atoms with Crippen LogP contribution >= 0.6 is 0 Å². The fourth-order valence-electron chi connectivity index (χ4n) is 3.46. The monoisotopic (exact) mass is 495 g/mol. The molecule has 2 aromatic carbocycles. The van der Waals surface area contributed by atoms with Gasteiger partial charge in [-0.3, -0.25) is 19.6 Å². The molecule has 188 valence electrons. The van der Waals surface area contributed by atoms with Gasteiger partial charge in [0.1, 0.15) is 12.4 Å². The highest BCUT2D eigenvalue weighted by molar-refractivity contribution is 5.95. The van der Waals surface area contributed by atoms with Crippen molar-refractivity contribution in [2.75, 3.05) is 25.3 Å². The van der Waals surface area contributed by atoms with E-state index in [-0.39, 0.29) is 40.6 Å². The highest BCUT2D eigenvalue weighted by atomic mass is 19.1. The first kappa shape index (κ1) is 25.9. The molecule has 12 heteroatoms. The molecule has 0 saturated heterocycles. The first-order chi connectivity index (χ1) is 17.0. The fourth-order valence-corrected chi connectivity index (χ4v) is 3.46. The van der Waals surface area contributed by atoms with Gasteiger partial charge in [-0.2, -0.15) is 0 Å². The van der Waals surface area contributed by atoms with Gasteiger partial charge >= 0.3 is 5.97 Å². The third kappa shape index (κ3) is 6.04. The van der Waals surface area contributed by atoms with Gasteiger partial charge in [-0.05, 0) is 23.8 Å². The minimum atomic E-state index is -1.25. The largest absolute Gasteiger partial charge is 0.478 e. The second-order valence-corrected chi connectivity index (χ2v) is 8.19. The number of pyridine rings is 1. The Balaban J connectivity index is 1.98. The molecule has 0 spiro atoms. The van der Waals surface area contributed by atoms with Crippen LogP contribution in [0.3, 0.4) is 0 Å². The number of carbonyl (C=O) groups excluding carboxylic acids is 1. The van der Waals surface area contributed by atoms with Crippen molar-refractivity contribution in [1.82, 2.24) is 14.9 Å². The molecule has 11 nitrogen and oxygen atoms in total. The lowest BCUT2D eigenvalue weighted by Gasteiger charge is -2.19. The minimum Gasteiger partial charge on any atom is -0.478 e. The number of hydrazine groups is 1. The van der Waals surface area contributed by atoms with Gasteiger partial charge in [-0.15, -0.1) is 0 Å². The summed E-state index contributed by atoms with van der Waals surface area (Å²) >= 11 is 0. The minimum absolute atomic E-state index is 0.0161. The second-order valence-electron chi connectivity index (χ2n) is 8.19. The first-order valence-corrected chi connectivity index (χ1v) is 10.7. The van der Waals surface area contributed by atoms with Crippen molar-refractivity contribution in [3.05, 3.63) is 81.4 Å². The van der Waals surface area contributed by atoms with E-state index in [0.717, 1.165) is 16.2 Å². The van der Waals surface area contributed by atoms with Gasteiger partial charge in [0, 0.05) is 43.5 Å². The summed E-state index contributed by atoms with van der Waals surface area (Å²) in [5.74, 6) is -2.76. The van der Waals surface area contributed by atoms with Crippen LogP contribution in [0, 0.1) is 11.2 Å². The van der Waals surface area contributed by atoms with Crippen molar-refractivity contribution in [1.29, 1.82) is 5.41 Å². The number of nitrogens with two attached hydrogens (primary N) is 2. The Morgan fingerprint density at radius 1 is 1.11 bits per heavy atom. The molecule has 8 N–H and O–H groups in total. The standard InChI is InChI=1S/C24H26FN7O4/c1-31(2)30-21-18(25)10-19(15-7-16(24(35)36)9-17(26)8-15)32(23(21)34)12-20(33)29-11-13-3-5-14(6-4-13)22(27)28/h3-10,30H,11-12,26H2,1-2H3,(H3,27,28)(H,29,33)(H,35,36). The van der Waals surface area contributed by atoms with Crippen molar-refractivity contribution in [3.8, 4) is 11.3 Å². The smallest absolute Gasteiger partial charge is 0.335 e. The molecule has 0 unspecified atom stereocenters. The topological polar surface area (TPSA) is 180 Å². The molecule has 0 saturated carbocycles. The van der Waals surface area contributed by atoms with E-state index in [9.17, 15) is 23.9 Å². The maximum atomic E-state index is 14.9. The van der Waals surface area contributed by atoms with Crippen LogP contribution in [-0.2, 0) is 17.9 Å². The maximum Gasteiger partial charge on any atom is 0.335 e. The number of nitrogen functional groups attached to an aromatic ring is 2. The lowest BCUT2D eigenvalue weighted by molar-refractivity contribution is -0.121. The van der Waals surface area contributed by atoms with Crippen molar-refractivity contribution < 1.29 is 19.1 Å². The summed E-state index contributed by atoms with van der Waals surface area (Å²) in [5.41, 5.74) is 14.0. The third-order valence-corrected chi connectivity index (χ3v) is 5.14. The molecule has 36 heavy (non-hydrogen) atoms. The predicted molar refractivity (Wildman–Crippen MR) is 134 cm³/mol. The van der Waals surface area contributed by atoms with Crippen LogP contribution in [0.1, 0.15) is 21.5 Å². The number of carboxylic acids is 1. The molecule has 3 aromatic rings. The number of rotatable bonds is 9. The summed E-state index contributed by atoms with van der Waals surface area (Å²) < 4.78 is 16.0. The molecule has 0 aliphatic carbocycles. The van der Waals surface area contributed by atoms with Crippen LogP contribution in [0.25, 0.3) is 11.3 Å². The van der Waals surface area contributed by atoms with Gasteiger partial charge in [0.15, 0.2) is 11.5 Å². The molecule has 0 aliphatic rings. The van der Waals surface area contributed by atoms with Gasteiger partial charge in [0.25, 0.3) is 5.56 Å².